The smallest absolute Gasteiger partial charge is 0.309 e. The number of rotatable bonds is 3. The number of hydrogen-bond donors (Lipinski definition) is 0. The third kappa shape index (κ3) is 2.86. The quantitative estimate of drug-likeness (QED) is 0.584. The number of esters is 2. The summed E-state index contributed by atoms with van der Waals surface area (Å²) in [7, 11) is 0. The highest BCUT2D eigenvalue weighted by atomic mass is 16.6. The van der Waals surface area contributed by atoms with Gasteiger partial charge in [0.05, 0.1) is 12.5 Å². The Hall–Kier alpha value is -1.39. The zero-order chi connectivity index (χ0) is 14.2. The zero-order valence-corrected chi connectivity index (χ0v) is 11.5. The van der Waals surface area contributed by atoms with Crippen molar-refractivity contribution in [2.75, 3.05) is 6.61 Å². The average Bonchev–Trinajstić information content (AvgIpc) is 2.61. The Kier molecular flexibility index (Phi) is 5.31. The fraction of sp³-hybridized carbons (Fsp3) is 0.800. The van der Waals surface area contributed by atoms with Crippen molar-refractivity contribution < 1.29 is 23.9 Å². The zero-order valence-electron chi connectivity index (χ0n) is 11.5. The molecule has 5 nitrogen and oxygen atoms in total. The van der Waals surface area contributed by atoms with E-state index >= 15 is 0 Å². The molecule has 0 aromatic rings. The third-order valence-electron chi connectivity index (χ3n) is 4.54. The minimum absolute atomic E-state index is 0. The largest absolute Gasteiger partial charge is 0.466 e. The van der Waals surface area contributed by atoms with Gasteiger partial charge in [-0.1, -0.05) is 14.4 Å². The second kappa shape index (κ2) is 6.37. The normalized spacial score (nSPS) is 39.2. The molecule has 0 bridgehead atoms. The summed E-state index contributed by atoms with van der Waals surface area (Å²) in [6, 6.07) is 0. The van der Waals surface area contributed by atoms with E-state index in [-0.39, 0.29) is 61.7 Å². The molecule has 0 amide bonds. The van der Waals surface area contributed by atoms with Crippen molar-refractivity contribution >= 4 is 18.2 Å². The summed E-state index contributed by atoms with van der Waals surface area (Å²) in [6.45, 7) is 5.43. The Morgan fingerprint density at radius 1 is 1.45 bits per heavy atom. The number of aldehydes is 1. The van der Waals surface area contributed by atoms with Crippen molar-refractivity contribution in [3.63, 3.8) is 0 Å². The highest BCUT2D eigenvalue weighted by Crippen LogP contribution is 2.47. The van der Waals surface area contributed by atoms with E-state index in [0.29, 0.717) is 6.42 Å². The van der Waals surface area contributed by atoms with E-state index in [0.717, 1.165) is 6.29 Å². The number of carbonyl (C=O) groups excluding carboxylic acids is 3. The van der Waals surface area contributed by atoms with Crippen molar-refractivity contribution in [3.05, 3.63) is 0 Å². The maximum absolute atomic E-state index is 11.8. The summed E-state index contributed by atoms with van der Waals surface area (Å²) in [4.78, 5) is 34.2. The molecular weight excluding hydrogens is 260 g/mol. The predicted octanol–water partition coefficient (Wildman–Crippen LogP) is 1.83. The van der Waals surface area contributed by atoms with Gasteiger partial charge >= 0.3 is 11.9 Å². The fourth-order valence-electron chi connectivity index (χ4n) is 3.59. The highest BCUT2D eigenvalue weighted by Gasteiger charge is 2.53. The van der Waals surface area contributed by atoms with Gasteiger partial charge in [0.25, 0.3) is 0 Å². The van der Waals surface area contributed by atoms with Gasteiger partial charge in [-0.3, -0.25) is 9.59 Å². The second-order valence-corrected chi connectivity index (χ2v) is 5.72. The molecule has 0 N–H and O–H groups in total. The molecule has 0 spiro atoms. The number of carbonyl (C=O) groups is 3. The maximum atomic E-state index is 11.8. The van der Waals surface area contributed by atoms with Gasteiger partial charge in [0.1, 0.15) is 12.4 Å². The topological polar surface area (TPSA) is 69.7 Å². The Labute approximate surface area is 120 Å². The van der Waals surface area contributed by atoms with Crippen LogP contribution in [0.4, 0.5) is 0 Å². The molecular formula is C15H24O5. The number of hydrogen-bond acceptors (Lipinski definition) is 5. The molecule has 0 aromatic heterocycles. The summed E-state index contributed by atoms with van der Waals surface area (Å²) in [5.74, 6) is -0.953. The summed E-state index contributed by atoms with van der Waals surface area (Å²) < 4.78 is 10.3. The van der Waals surface area contributed by atoms with Crippen LogP contribution in [0.5, 0.6) is 0 Å². The molecule has 2 rings (SSSR count). The van der Waals surface area contributed by atoms with Crippen LogP contribution in [0, 0.1) is 29.6 Å². The summed E-state index contributed by atoms with van der Waals surface area (Å²) in [5.41, 5.74) is 0. The SMILES string of the molecule is C.CC(=O)OCC1C(C)CC2C(=O)OC(C)C2C1C=O. The average molecular weight is 284 g/mol. The van der Waals surface area contributed by atoms with Crippen LogP contribution < -0.4 is 0 Å². The van der Waals surface area contributed by atoms with Gasteiger partial charge in [-0.05, 0) is 19.3 Å². The fourth-order valence-corrected chi connectivity index (χ4v) is 3.59. The lowest BCUT2D eigenvalue weighted by Crippen LogP contribution is -2.44. The van der Waals surface area contributed by atoms with Gasteiger partial charge in [-0.25, -0.2) is 0 Å². The van der Waals surface area contributed by atoms with Gasteiger partial charge < -0.3 is 14.3 Å². The second-order valence-electron chi connectivity index (χ2n) is 5.72. The van der Waals surface area contributed by atoms with E-state index < -0.39 is 0 Å². The molecule has 5 heteroatoms. The van der Waals surface area contributed by atoms with Crippen molar-refractivity contribution in [1.82, 2.24) is 0 Å². The standard InChI is InChI=1S/C14H20O5.CH4/c1-7-4-10-13(8(2)19-14(10)17)11(5-15)12(7)6-18-9(3)16;/h5,7-8,10-13H,4,6H2,1-3H3;1H4. The number of fused-ring (bicyclic) bond motifs is 1. The summed E-state index contributed by atoms with van der Waals surface area (Å²) >= 11 is 0. The third-order valence-corrected chi connectivity index (χ3v) is 4.54. The van der Waals surface area contributed by atoms with Crippen molar-refractivity contribution in [1.29, 1.82) is 0 Å². The van der Waals surface area contributed by atoms with E-state index in [1.807, 2.05) is 13.8 Å². The van der Waals surface area contributed by atoms with Gasteiger partial charge in [0.2, 0.25) is 0 Å². The van der Waals surface area contributed by atoms with Crippen molar-refractivity contribution in [2.24, 2.45) is 29.6 Å². The molecule has 1 saturated heterocycles. The van der Waals surface area contributed by atoms with Crippen LogP contribution in [0.1, 0.15) is 34.6 Å². The van der Waals surface area contributed by atoms with Crippen LogP contribution in [-0.4, -0.2) is 30.9 Å². The molecule has 0 radical (unpaired) electrons. The van der Waals surface area contributed by atoms with Gasteiger partial charge in [0, 0.05) is 24.7 Å². The Morgan fingerprint density at radius 2 is 2.10 bits per heavy atom. The molecule has 2 aliphatic rings. The molecule has 1 aliphatic heterocycles. The molecule has 114 valence electrons. The van der Waals surface area contributed by atoms with Crippen LogP contribution in [0.3, 0.4) is 0 Å². The number of cyclic esters (lactones) is 1. The molecule has 1 heterocycles. The van der Waals surface area contributed by atoms with E-state index in [9.17, 15) is 14.4 Å². The van der Waals surface area contributed by atoms with Crippen LogP contribution in [0.2, 0.25) is 0 Å². The molecule has 6 atom stereocenters. The van der Waals surface area contributed by atoms with Crippen LogP contribution in [0.25, 0.3) is 0 Å². The first-order valence-corrected chi connectivity index (χ1v) is 6.74. The van der Waals surface area contributed by atoms with E-state index in [2.05, 4.69) is 0 Å². The lowest BCUT2D eigenvalue weighted by molar-refractivity contribution is -0.148. The maximum Gasteiger partial charge on any atom is 0.309 e. The van der Waals surface area contributed by atoms with E-state index in [1.54, 1.807) is 0 Å². The van der Waals surface area contributed by atoms with Gasteiger partial charge in [0.15, 0.2) is 0 Å². The Morgan fingerprint density at radius 3 is 2.65 bits per heavy atom. The Balaban J connectivity index is 0.00000200. The van der Waals surface area contributed by atoms with Gasteiger partial charge in [-0.15, -0.1) is 0 Å². The first-order chi connectivity index (χ1) is 8.95. The van der Waals surface area contributed by atoms with Crippen molar-refractivity contribution in [3.8, 4) is 0 Å². The van der Waals surface area contributed by atoms with E-state index in [4.69, 9.17) is 9.47 Å². The predicted molar refractivity (Wildman–Crippen MR) is 72.7 cm³/mol. The van der Waals surface area contributed by atoms with Crippen molar-refractivity contribution in [2.45, 2.75) is 40.7 Å². The lowest BCUT2D eigenvalue weighted by Gasteiger charge is -2.40. The molecule has 6 unspecified atom stereocenters. The monoisotopic (exact) mass is 284 g/mol. The summed E-state index contributed by atoms with van der Waals surface area (Å²) in [6.07, 6.45) is 1.37. The lowest BCUT2D eigenvalue weighted by atomic mass is 9.62. The van der Waals surface area contributed by atoms with Crippen LogP contribution in [-0.2, 0) is 23.9 Å². The molecule has 2 fully saturated rings. The first-order valence-electron chi connectivity index (χ1n) is 6.74. The van der Waals surface area contributed by atoms with Crippen LogP contribution >= 0.6 is 0 Å². The molecule has 20 heavy (non-hydrogen) atoms. The van der Waals surface area contributed by atoms with Gasteiger partial charge in [-0.2, -0.15) is 0 Å². The highest BCUT2D eigenvalue weighted by molar-refractivity contribution is 5.77. The van der Waals surface area contributed by atoms with E-state index in [1.165, 1.54) is 6.92 Å². The Bertz CT molecular complexity index is 392. The number of ether oxygens (including phenoxy) is 2. The first kappa shape index (κ1) is 16.7. The molecule has 0 aromatic carbocycles. The van der Waals surface area contributed by atoms with Crippen LogP contribution in [0.15, 0.2) is 0 Å². The molecule has 1 saturated carbocycles. The summed E-state index contributed by atoms with van der Waals surface area (Å²) in [5, 5.41) is 0. The molecule has 1 aliphatic carbocycles. The minimum Gasteiger partial charge on any atom is -0.466 e. The minimum atomic E-state index is -0.342.